The second-order valence-corrected chi connectivity index (χ2v) is 4.38. The summed E-state index contributed by atoms with van der Waals surface area (Å²) in [6.07, 6.45) is 5.12. The molecular formula is C13H15BrO2. The SMILES string of the molecule is BrCCC=Cc1ccccc1C1OCCO1. The van der Waals surface area contributed by atoms with E-state index in [9.17, 15) is 0 Å². The minimum atomic E-state index is -0.190. The summed E-state index contributed by atoms with van der Waals surface area (Å²) in [6, 6.07) is 8.20. The van der Waals surface area contributed by atoms with Gasteiger partial charge in [0.05, 0.1) is 13.2 Å². The van der Waals surface area contributed by atoms with E-state index < -0.39 is 0 Å². The molecule has 0 unspecified atom stereocenters. The van der Waals surface area contributed by atoms with E-state index in [1.54, 1.807) is 0 Å². The zero-order valence-corrected chi connectivity index (χ0v) is 10.7. The highest BCUT2D eigenvalue weighted by Gasteiger charge is 2.19. The molecule has 1 saturated heterocycles. The second kappa shape index (κ2) is 6.18. The van der Waals surface area contributed by atoms with Crippen LogP contribution in [0.5, 0.6) is 0 Å². The van der Waals surface area contributed by atoms with Crippen LogP contribution in [0, 0.1) is 0 Å². The molecular weight excluding hydrogens is 268 g/mol. The van der Waals surface area contributed by atoms with Crippen LogP contribution in [0.2, 0.25) is 0 Å². The zero-order valence-electron chi connectivity index (χ0n) is 9.06. The molecule has 1 heterocycles. The number of hydrogen-bond donors (Lipinski definition) is 0. The summed E-state index contributed by atoms with van der Waals surface area (Å²) < 4.78 is 11.0. The Morgan fingerprint density at radius 3 is 2.75 bits per heavy atom. The van der Waals surface area contributed by atoms with Gasteiger partial charge in [-0.3, -0.25) is 0 Å². The Bertz CT molecular complexity index is 357. The molecule has 0 aliphatic carbocycles. The molecule has 0 spiro atoms. The molecule has 0 atom stereocenters. The molecule has 0 amide bonds. The van der Waals surface area contributed by atoms with Gasteiger partial charge in [-0.05, 0) is 12.0 Å². The first-order chi connectivity index (χ1) is 7.92. The van der Waals surface area contributed by atoms with E-state index in [1.165, 1.54) is 5.56 Å². The molecule has 1 fully saturated rings. The number of rotatable bonds is 4. The van der Waals surface area contributed by atoms with Crippen LogP contribution in [-0.2, 0) is 9.47 Å². The van der Waals surface area contributed by atoms with E-state index >= 15 is 0 Å². The molecule has 1 aromatic rings. The highest BCUT2D eigenvalue weighted by atomic mass is 79.9. The number of ether oxygens (including phenoxy) is 2. The van der Waals surface area contributed by atoms with E-state index in [0.717, 1.165) is 17.3 Å². The van der Waals surface area contributed by atoms with Crippen molar-refractivity contribution in [1.29, 1.82) is 0 Å². The lowest BCUT2D eigenvalue weighted by Gasteiger charge is -2.12. The van der Waals surface area contributed by atoms with Crippen molar-refractivity contribution >= 4 is 22.0 Å². The summed E-state index contributed by atoms with van der Waals surface area (Å²) in [4.78, 5) is 0. The molecule has 16 heavy (non-hydrogen) atoms. The maximum absolute atomic E-state index is 5.52. The molecule has 2 rings (SSSR count). The van der Waals surface area contributed by atoms with Crippen LogP contribution in [0.4, 0.5) is 0 Å². The highest BCUT2D eigenvalue weighted by Crippen LogP contribution is 2.26. The van der Waals surface area contributed by atoms with E-state index in [-0.39, 0.29) is 6.29 Å². The smallest absolute Gasteiger partial charge is 0.184 e. The minimum Gasteiger partial charge on any atom is -0.346 e. The fourth-order valence-electron chi connectivity index (χ4n) is 1.69. The quantitative estimate of drug-likeness (QED) is 0.787. The summed E-state index contributed by atoms with van der Waals surface area (Å²) >= 11 is 3.41. The monoisotopic (exact) mass is 282 g/mol. The third-order valence-electron chi connectivity index (χ3n) is 2.44. The lowest BCUT2D eigenvalue weighted by Crippen LogP contribution is -2.00. The van der Waals surface area contributed by atoms with Gasteiger partial charge in [0.15, 0.2) is 6.29 Å². The summed E-state index contributed by atoms with van der Waals surface area (Å²) in [6.45, 7) is 1.37. The van der Waals surface area contributed by atoms with Gasteiger partial charge < -0.3 is 9.47 Å². The van der Waals surface area contributed by atoms with Gasteiger partial charge in [-0.1, -0.05) is 52.3 Å². The van der Waals surface area contributed by atoms with Crippen LogP contribution < -0.4 is 0 Å². The molecule has 3 heteroatoms. The number of allylic oxidation sites excluding steroid dienone is 1. The predicted octanol–water partition coefficient (Wildman–Crippen LogP) is 3.53. The number of alkyl halides is 1. The van der Waals surface area contributed by atoms with Gasteiger partial charge in [-0.15, -0.1) is 0 Å². The molecule has 0 radical (unpaired) electrons. The first-order valence-electron chi connectivity index (χ1n) is 5.46. The number of hydrogen-bond acceptors (Lipinski definition) is 2. The summed E-state index contributed by atoms with van der Waals surface area (Å²) in [5.74, 6) is 0. The van der Waals surface area contributed by atoms with Crippen LogP contribution in [0.3, 0.4) is 0 Å². The molecule has 1 aromatic carbocycles. The summed E-state index contributed by atoms with van der Waals surface area (Å²) in [5, 5.41) is 0.988. The Hall–Kier alpha value is -0.640. The Balaban J connectivity index is 2.16. The maximum atomic E-state index is 5.52. The number of benzene rings is 1. The predicted molar refractivity (Wildman–Crippen MR) is 68.5 cm³/mol. The normalized spacial score (nSPS) is 17.3. The molecule has 0 bridgehead atoms. The van der Waals surface area contributed by atoms with Crippen molar-refractivity contribution in [3.8, 4) is 0 Å². The lowest BCUT2D eigenvalue weighted by molar-refractivity contribution is -0.0442. The molecule has 1 aliphatic rings. The van der Waals surface area contributed by atoms with E-state index in [2.05, 4.69) is 40.2 Å². The average molecular weight is 283 g/mol. The molecule has 86 valence electrons. The molecule has 0 N–H and O–H groups in total. The van der Waals surface area contributed by atoms with E-state index in [1.807, 2.05) is 12.1 Å². The minimum absolute atomic E-state index is 0.190. The van der Waals surface area contributed by atoms with Crippen molar-refractivity contribution in [1.82, 2.24) is 0 Å². The third-order valence-corrected chi connectivity index (χ3v) is 2.90. The fraction of sp³-hybridized carbons (Fsp3) is 0.385. The second-order valence-electron chi connectivity index (χ2n) is 3.58. The van der Waals surface area contributed by atoms with Gasteiger partial charge in [0, 0.05) is 10.9 Å². The summed E-state index contributed by atoms with van der Waals surface area (Å²) in [7, 11) is 0. The Morgan fingerprint density at radius 1 is 1.25 bits per heavy atom. The largest absolute Gasteiger partial charge is 0.346 e. The first kappa shape index (κ1) is 11.8. The molecule has 0 saturated carbocycles. The fourth-order valence-corrected chi connectivity index (χ4v) is 1.95. The van der Waals surface area contributed by atoms with Gasteiger partial charge in [-0.25, -0.2) is 0 Å². The average Bonchev–Trinajstić information content (AvgIpc) is 2.83. The first-order valence-corrected chi connectivity index (χ1v) is 6.58. The van der Waals surface area contributed by atoms with E-state index in [0.29, 0.717) is 13.2 Å². The van der Waals surface area contributed by atoms with Gasteiger partial charge in [0.2, 0.25) is 0 Å². The zero-order chi connectivity index (χ0) is 11.2. The van der Waals surface area contributed by atoms with E-state index in [4.69, 9.17) is 9.47 Å². The highest BCUT2D eigenvalue weighted by molar-refractivity contribution is 9.09. The van der Waals surface area contributed by atoms with Crippen LogP contribution in [-0.4, -0.2) is 18.5 Å². The van der Waals surface area contributed by atoms with Crippen molar-refractivity contribution in [3.63, 3.8) is 0 Å². The third kappa shape index (κ3) is 2.94. The van der Waals surface area contributed by atoms with Crippen molar-refractivity contribution in [2.75, 3.05) is 18.5 Å². The lowest BCUT2D eigenvalue weighted by atomic mass is 10.1. The van der Waals surface area contributed by atoms with Crippen LogP contribution in [0.25, 0.3) is 6.08 Å². The van der Waals surface area contributed by atoms with Gasteiger partial charge >= 0.3 is 0 Å². The van der Waals surface area contributed by atoms with Crippen LogP contribution >= 0.6 is 15.9 Å². The number of halogens is 1. The van der Waals surface area contributed by atoms with Gasteiger partial charge in [0.1, 0.15) is 0 Å². The topological polar surface area (TPSA) is 18.5 Å². The molecule has 1 aliphatic heterocycles. The molecule has 2 nitrogen and oxygen atoms in total. The maximum Gasteiger partial charge on any atom is 0.184 e. The molecule has 0 aromatic heterocycles. The van der Waals surface area contributed by atoms with Crippen molar-refractivity contribution < 1.29 is 9.47 Å². The van der Waals surface area contributed by atoms with Crippen LogP contribution in [0.1, 0.15) is 23.8 Å². The Morgan fingerprint density at radius 2 is 2.00 bits per heavy atom. The van der Waals surface area contributed by atoms with Crippen molar-refractivity contribution in [2.24, 2.45) is 0 Å². The standard InChI is InChI=1S/C13H15BrO2/c14-8-4-3-6-11-5-1-2-7-12(11)13-15-9-10-16-13/h1-3,5-7,13H,4,8-10H2. The Kier molecular flexibility index (Phi) is 4.57. The summed E-state index contributed by atoms with van der Waals surface area (Å²) in [5.41, 5.74) is 2.29. The Labute approximate surface area is 104 Å². The van der Waals surface area contributed by atoms with Gasteiger partial charge in [0.25, 0.3) is 0 Å². The van der Waals surface area contributed by atoms with Crippen molar-refractivity contribution in [3.05, 3.63) is 41.5 Å². The van der Waals surface area contributed by atoms with Gasteiger partial charge in [-0.2, -0.15) is 0 Å². The van der Waals surface area contributed by atoms with Crippen LogP contribution in [0.15, 0.2) is 30.3 Å². The van der Waals surface area contributed by atoms with Crippen molar-refractivity contribution in [2.45, 2.75) is 12.7 Å².